The summed E-state index contributed by atoms with van der Waals surface area (Å²) in [6, 6.07) is 8.22. The molecule has 1 saturated heterocycles. The van der Waals surface area contributed by atoms with Gasteiger partial charge in [0.15, 0.2) is 0 Å². The maximum absolute atomic E-state index is 12.4. The Bertz CT molecular complexity index is 597. The van der Waals surface area contributed by atoms with Gasteiger partial charge in [0, 0.05) is 26.2 Å². The highest BCUT2D eigenvalue weighted by Crippen LogP contribution is 2.29. The molecular formula is C18H24F3N3O. The molecule has 25 heavy (non-hydrogen) atoms. The molecule has 3 rings (SSSR count). The zero-order chi connectivity index (χ0) is 17.9. The maximum atomic E-state index is 12.4. The minimum atomic E-state index is -4.16. The van der Waals surface area contributed by atoms with E-state index in [1.165, 1.54) is 16.0 Å². The average molecular weight is 355 g/mol. The number of carbonyl (C=O) groups excluding carboxylic acids is 1. The highest BCUT2D eigenvalue weighted by Gasteiger charge is 2.32. The highest BCUT2D eigenvalue weighted by molar-refractivity contribution is 5.78. The van der Waals surface area contributed by atoms with Gasteiger partial charge >= 0.3 is 6.18 Å². The summed E-state index contributed by atoms with van der Waals surface area (Å²) in [5.74, 6) is -0.0500. The molecule has 0 unspecified atom stereocenters. The standard InChI is InChI=1S/C18H24F3N3O/c19-18(20,21)13-24-10-8-23(9-11-24)12-17(25)22-16-7-3-5-14-4-1-2-6-15(14)16/h1-2,4,6,16H,3,5,7-13H2,(H,22,25)/t16-/m0/s1. The number of carbonyl (C=O) groups is 1. The van der Waals surface area contributed by atoms with Crippen LogP contribution < -0.4 is 5.32 Å². The Labute approximate surface area is 146 Å². The fraction of sp³-hybridized carbons (Fsp3) is 0.611. The van der Waals surface area contributed by atoms with Gasteiger partial charge in [0.2, 0.25) is 5.91 Å². The van der Waals surface area contributed by atoms with E-state index in [4.69, 9.17) is 0 Å². The first-order chi connectivity index (χ1) is 11.9. The Morgan fingerprint density at radius 3 is 2.52 bits per heavy atom. The van der Waals surface area contributed by atoms with E-state index in [-0.39, 0.29) is 18.5 Å². The number of alkyl halides is 3. The lowest BCUT2D eigenvalue weighted by molar-refractivity contribution is -0.150. The second-order valence-electron chi connectivity index (χ2n) is 6.88. The number of fused-ring (bicyclic) bond motifs is 1. The lowest BCUT2D eigenvalue weighted by Crippen LogP contribution is -2.51. The molecule has 0 aromatic heterocycles. The maximum Gasteiger partial charge on any atom is 0.401 e. The quantitative estimate of drug-likeness (QED) is 0.901. The van der Waals surface area contributed by atoms with Crippen molar-refractivity contribution in [2.75, 3.05) is 39.3 Å². The van der Waals surface area contributed by atoms with Crippen molar-refractivity contribution in [3.05, 3.63) is 35.4 Å². The number of piperazine rings is 1. The summed E-state index contributed by atoms with van der Waals surface area (Å²) in [7, 11) is 0. The molecular weight excluding hydrogens is 331 g/mol. The number of nitrogens with one attached hydrogen (secondary N) is 1. The van der Waals surface area contributed by atoms with Crippen LogP contribution in [-0.4, -0.2) is 61.2 Å². The third kappa shape index (κ3) is 5.19. The van der Waals surface area contributed by atoms with Gasteiger partial charge in [0.25, 0.3) is 0 Å². The molecule has 1 amide bonds. The van der Waals surface area contributed by atoms with Crippen LogP contribution in [0.5, 0.6) is 0 Å². The Kier molecular flexibility index (Phi) is 5.64. The molecule has 138 valence electrons. The molecule has 1 fully saturated rings. The Hall–Kier alpha value is -1.60. The molecule has 1 atom stereocenters. The molecule has 1 N–H and O–H groups in total. The van der Waals surface area contributed by atoms with Crippen molar-refractivity contribution in [2.24, 2.45) is 0 Å². The van der Waals surface area contributed by atoms with Crippen LogP contribution in [0.1, 0.15) is 30.0 Å². The van der Waals surface area contributed by atoms with Crippen molar-refractivity contribution in [2.45, 2.75) is 31.5 Å². The molecule has 1 aromatic carbocycles. The molecule has 4 nitrogen and oxygen atoms in total. The number of benzene rings is 1. The molecule has 1 aliphatic heterocycles. The van der Waals surface area contributed by atoms with Gasteiger partial charge < -0.3 is 5.32 Å². The average Bonchev–Trinajstić information content (AvgIpc) is 2.56. The van der Waals surface area contributed by atoms with Crippen LogP contribution in [-0.2, 0) is 11.2 Å². The van der Waals surface area contributed by atoms with E-state index in [0.29, 0.717) is 26.2 Å². The van der Waals surface area contributed by atoms with E-state index < -0.39 is 12.7 Å². The molecule has 1 aromatic rings. The van der Waals surface area contributed by atoms with Gasteiger partial charge in [-0.25, -0.2) is 0 Å². The monoisotopic (exact) mass is 355 g/mol. The van der Waals surface area contributed by atoms with Crippen LogP contribution >= 0.6 is 0 Å². The number of amides is 1. The predicted molar refractivity (Wildman–Crippen MR) is 89.2 cm³/mol. The fourth-order valence-corrected chi connectivity index (χ4v) is 3.71. The van der Waals surface area contributed by atoms with E-state index in [2.05, 4.69) is 17.4 Å². The summed E-state index contributed by atoms with van der Waals surface area (Å²) >= 11 is 0. The Morgan fingerprint density at radius 1 is 1.12 bits per heavy atom. The lowest BCUT2D eigenvalue weighted by atomic mass is 9.88. The topological polar surface area (TPSA) is 35.6 Å². The van der Waals surface area contributed by atoms with E-state index in [0.717, 1.165) is 19.3 Å². The largest absolute Gasteiger partial charge is 0.401 e. The number of nitrogens with zero attached hydrogens (tertiary/aromatic N) is 2. The SMILES string of the molecule is O=C(CN1CCN(CC(F)(F)F)CC1)N[C@H]1CCCc2ccccc21. The highest BCUT2D eigenvalue weighted by atomic mass is 19.4. The van der Waals surface area contributed by atoms with Gasteiger partial charge in [-0.1, -0.05) is 24.3 Å². The smallest absolute Gasteiger partial charge is 0.348 e. The normalized spacial score (nSPS) is 22.4. The molecule has 2 aliphatic rings. The number of rotatable bonds is 4. The van der Waals surface area contributed by atoms with E-state index in [1.807, 2.05) is 17.0 Å². The van der Waals surface area contributed by atoms with Gasteiger partial charge in [-0.3, -0.25) is 14.6 Å². The Balaban J connectivity index is 1.47. The summed E-state index contributed by atoms with van der Waals surface area (Å²) in [5.41, 5.74) is 2.48. The van der Waals surface area contributed by atoms with Crippen molar-refractivity contribution >= 4 is 5.91 Å². The summed E-state index contributed by atoms with van der Waals surface area (Å²) < 4.78 is 37.2. The zero-order valence-electron chi connectivity index (χ0n) is 14.2. The number of aryl methyl sites for hydroxylation is 1. The van der Waals surface area contributed by atoms with Crippen LogP contribution in [0.15, 0.2) is 24.3 Å². The van der Waals surface area contributed by atoms with Gasteiger partial charge in [-0.15, -0.1) is 0 Å². The van der Waals surface area contributed by atoms with E-state index >= 15 is 0 Å². The first-order valence-electron chi connectivity index (χ1n) is 8.79. The zero-order valence-corrected chi connectivity index (χ0v) is 14.2. The third-order valence-electron chi connectivity index (χ3n) is 4.94. The van der Waals surface area contributed by atoms with Crippen LogP contribution in [0, 0.1) is 0 Å². The summed E-state index contributed by atoms with van der Waals surface area (Å²) in [5, 5.41) is 3.10. The van der Waals surface area contributed by atoms with Gasteiger partial charge in [-0.05, 0) is 30.4 Å². The van der Waals surface area contributed by atoms with Crippen LogP contribution in [0.4, 0.5) is 13.2 Å². The lowest BCUT2D eigenvalue weighted by Gasteiger charge is -2.35. The summed E-state index contributed by atoms with van der Waals surface area (Å²) in [4.78, 5) is 15.7. The summed E-state index contributed by atoms with van der Waals surface area (Å²) in [6.07, 6.45) is -1.13. The van der Waals surface area contributed by atoms with Crippen molar-refractivity contribution in [1.82, 2.24) is 15.1 Å². The predicted octanol–water partition coefficient (Wildman–Crippen LogP) is 2.36. The van der Waals surface area contributed by atoms with E-state index in [9.17, 15) is 18.0 Å². The van der Waals surface area contributed by atoms with Gasteiger partial charge in [-0.2, -0.15) is 13.2 Å². The minimum Gasteiger partial charge on any atom is -0.348 e. The van der Waals surface area contributed by atoms with Gasteiger partial charge in [0.05, 0.1) is 19.1 Å². The molecule has 1 heterocycles. The summed E-state index contributed by atoms with van der Waals surface area (Å²) in [6.45, 7) is 1.05. The van der Waals surface area contributed by atoms with Crippen molar-refractivity contribution < 1.29 is 18.0 Å². The first kappa shape index (κ1) is 18.2. The fourth-order valence-electron chi connectivity index (χ4n) is 3.71. The molecule has 0 spiro atoms. The molecule has 0 saturated carbocycles. The number of hydrogen-bond donors (Lipinski definition) is 1. The second-order valence-corrected chi connectivity index (χ2v) is 6.88. The Morgan fingerprint density at radius 2 is 1.80 bits per heavy atom. The first-order valence-corrected chi connectivity index (χ1v) is 8.79. The minimum absolute atomic E-state index is 0.0453. The number of hydrogen-bond acceptors (Lipinski definition) is 3. The molecule has 7 heteroatoms. The van der Waals surface area contributed by atoms with Gasteiger partial charge in [0.1, 0.15) is 0 Å². The van der Waals surface area contributed by atoms with Crippen LogP contribution in [0.2, 0.25) is 0 Å². The van der Waals surface area contributed by atoms with Crippen molar-refractivity contribution in [3.63, 3.8) is 0 Å². The van der Waals surface area contributed by atoms with Crippen LogP contribution in [0.3, 0.4) is 0 Å². The molecule has 0 bridgehead atoms. The van der Waals surface area contributed by atoms with Crippen molar-refractivity contribution in [1.29, 1.82) is 0 Å². The van der Waals surface area contributed by atoms with Crippen molar-refractivity contribution in [3.8, 4) is 0 Å². The number of halogens is 3. The molecule has 0 radical (unpaired) electrons. The van der Waals surface area contributed by atoms with E-state index in [1.54, 1.807) is 0 Å². The molecule has 1 aliphatic carbocycles. The second kappa shape index (κ2) is 7.74. The van der Waals surface area contributed by atoms with Crippen LogP contribution in [0.25, 0.3) is 0 Å². The third-order valence-corrected chi connectivity index (χ3v) is 4.94.